The number of halogens is 3. The summed E-state index contributed by atoms with van der Waals surface area (Å²) in [6.45, 7) is 0.841. The van der Waals surface area contributed by atoms with Gasteiger partial charge in [0.1, 0.15) is 11.6 Å². The molecule has 0 unspecified atom stereocenters. The van der Waals surface area contributed by atoms with Crippen molar-refractivity contribution in [3.63, 3.8) is 0 Å². The predicted molar refractivity (Wildman–Crippen MR) is 124 cm³/mol. The highest BCUT2D eigenvalue weighted by molar-refractivity contribution is 9.10. The van der Waals surface area contributed by atoms with Crippen LogP contribution in [0.5, 0.6) is 0 Å². The third-order valence-electron chi connectivity index (χ3n) is 4.13. The second kappa shape index (κ2) is 10.1. The van der Waals surface area contributed by atoms with Gasteiger partial charge in [-0.2, -0.15) is 0 Å². The minimum atomic E-state index is -3.91. The smallest absolute Gasteiger partial charge is 0.244 e. The van der Waals surface area contributed by atoms with Crippen LogP contribution in [0.25, 0.3) is 10.2 Å². The van der Waals surface area contributed by atoms with E-state index >= 15 is 0 Å². The Morgan fingerprint density at radius 2 is 1.80 bits per heavy atom. The average molecular weight is 537 g/mol. The summed E-state index contributed by atoms with van der Waals surface area (Å²) in [5.41, 5.74) is 0.734. The SMILES string of the molecule is CN(C)CCN(C(=O)CS(=O)(=O)c1ccc(F)cc1)c1nc2ccc(Br)cc2s1.Cl. The van der Waals surface area contributed by atoms with Gasteiger partial charge in [0.05, 0.1) is 15.1 Å². The van der Waals surface area contributed by atoms with E-state index < -0.39 is 27.3 Å². The van der Waals surface area contributed by atoms with Gasteiger partial charge in [0.15, 0.2) is 15.0 Å². The predicted octanol–water partition coefficient (Wildman–Crippen LogP) is 3.99. The summed E-state index contributed by atoms with van der Waals surface area (Å²) in [5, 5.41) is 0.444. The van der Waals surface area contributed by atoms with Crippen molar-refractivity contribution in [3.8, 4) is 0 Å². The molecular weight excluding hydrogens is 517 g/mol. The molecule has 0 spiro atoms. The maximum Gasteiger partial charge on any atom is 0.244 e. The molecule has 0 aliphatic rings. The summed E-state index contributed by atoms with van der Waals surface area (Å²) in [5.74, 6) is -1.83. The molecule has 1 heterocycles. The van der Waals surface area contributed by atoms with Crippen molar-refractivity contribution in [1.82, 2.24) is 9.88 Å². The van der Waals surface area contributed by atoms with E-state index in [1.54, 1.807) is 0 Å². The highest BCUT2D eigenvalue weighted by atomic mass is 79.9. The number of rotatable bonds is 7. The first-order valence-electron chi connectivity index (χ1n) is 8.65. The molecule has 11 heteroatoms. The Morgan fingerprint density at radius 1 is 1.13 bits per heavy atom. The van der Waals surface area contributed by atoms with E-state index in [1.807, 2.05) is 37.2 Å². The van der Waals surface area contributed by atoms with Gasteiger partial charge in [-0.3, -0.25) is 9.69 Å². The van der Waals surface area contributed by atoms with Gasteiger partial charge in [0, 0.05) is 17.6 Å². The molecule has 3 rings (SSSR count). The number of amides is 1. The zero-order valence-corrected chi connectivity index (χ0v) is 20.2. The Labute approximate surface area is 193 Å². The standard InChI is InChI=1S/C19H19BrFN3O3S2.ClH/c1-23(2)9-10-24(19-22-16-8-3-13(20)11-17(16)28-19)18(25)12-29(26,27)15-6-4-14(21)5-7-15;/h3-8,11H,9-10,12H2,1-2H3;1H. The highest BCUT2D eigenvalue weighted by Gasteiger charge is 2.26. The number of benzene rings is 2. The molecule has 0 radical (unpaired) electrons. The number of hydrogen-bond donors (Lipinski definition) is 0. The Bertz CT molecular complexity index is 1140. The molecule has 162 valence electrons. The van der Waals surface area contributed by atoms with Crippen LogP contribution in [0.15, 0.2) is 51.8 Å². The molecule has 0 aliphatic heterocycles. The molecule has 1 amide bonds. The van der Waals surface area contributed by atoms with Crippen LogP contribution in [0.4, 0.5) is 9.52 Å². The number of hydrogen-bond acceptors (Lipinski definition) is 6. The van der Waals surface area contributed by atoms with Crippen LogP contribution in [-0.2, 0) is 14.6 Å². The first-order chi connectivity index (χ1) is 13.7. The quantitative estimate of drug-likeness (QED) is 0.427. The maximum absolute atomic E-state index is 13.1. The van der Waals surface area contributed by atoms with Gasteiger partial charge in [-0.25, -0.2) is 17.8 Å². The van der Waals surface area contributed by atoms with E-state index in [9.17, 15) is 17.6 Å². The van der Waals surface area contributed by atoms with Gasteiger partial charge in [-0.05, 0) is 56.6 Å². The van der Waals surface area contributed by atoms with E-state index in [0.29, 0.717) is 18.2 Å². The molecule has 30 heavy (non-hydrogen) atoms. The fourth-order valence-electron chi connectivity index (χ4n) is 2.59. The van der Waals surface area contributed by atoms with Crippen molar-refractivity contribution in [2.45, 2.75) is 4.90 Å². The largest absolute Gasteiger partial charge is 0.308 e. The van der Waals surface area contributed by atoms with Crippen LogP contribution < -0.4 is 4.90 Å². The Balaban J connectivity index is 0.00000320. The number of aromatic nitrogens is 1. The lowest BCUT2D eigenvalue weighted by Gasteiger charge is -2.22. The lowest BCUT2D eigenvalue weighted by atomic mass is 10.3. The summed E-state index contributed by atoms with van der Waals surface area (Å²) in [6, 6.07) is 10.0. The lowest BCUT2D eigenvalue weighted by Crippen LogP contribution is -2.40. The van der Waals surface area contributed by atoms with Gasteiger partial charge in [-0.1, -0.05) is 27.3 Å². The van der Waals surface area contributed by atoms with Gasteiger partial charge >= 0.3 is 0 Å². The number of anilines is 1. The minimum absolute atomic E-state index is 0. The molecule has 0 saturated carbocycles. The molecule has 0 saturated heterocycles. The number of likely N-dealkylation sites (N-methyl/N-ethyl adjacent to an activating group) is 1. The third-order valence-corrected chi connectivity index (χ3v) is 7.28. The molecule has 6 nitrogen and oxygen atoms in total. The second-order valence-corrected chi connectivity index (χ2v) is 10.6. The maximum atomic E-state index is 13.1. The molecule has 0 atom stereocenters. The average Bonchev–Trinajstić information content (AvgIpc) is 3.04. The fraction of sp³-hybridized carbons (Fsp3) is 0.263. The van der Waals surface area contributed by atoms with Crippen molar-refractivity contribution in [1.29, 1.82) is 0 Å². The van der Waals surface area contributed by atoms with Crippen LogP contribution in [0.1, 0.15) is 0 Å². The monoisotopic (exact) mass is 535 g/mol. The molecule has 0 aliphatic carbocycles. The van der Waals surface area contributed by atoms with Crippen molar-refractivity contribution in [3.05, 3.63) is 52.8 Å². The summed E-state index contributed by atoms with van der Waals surface area (Å²) in [7, 11) is -0.170. The fourth-order valence-corrected chi connectivity index (χ4v) is 5.35. The van der Waals surface area contributed by atoms with E-state index in [0.717, 1.165) is 39.0 Å². The Kier molecular flexibility index (Phi) is 8.35. The number of nitrogens with zero attached hydrogens (tertiary/aromatic N) is 3. The summed E-state index contributed by atoms with van der Waals surface area (Å²) < 4.78 is 40.2. The van der Waals surface area contributed by atoms with E-state index in [2.05, 4.69) is 20.9 Å². The number of sulfone groups is 1. The van der Waals surface area contributed by atoms with Gasteiger partial charge in [-0.15, -0.1) is 12.4 Å². The van der Waals surface area contributed by atoms with Gasteiger partial charge < -0.3 is 4.90 Å². The summed E-state index contributed by atoms with van der Waals surface area (Å²) >= 11 is 4.74. The normalized spacial score (nSPS) is 11.5. The van der Waals surface area contributed by atoms with Crippen LogP contribution >= 0.6 is 39.7 Å². The molecular formula is C19H20BrClFN3O3S2. The number of carbonyl (C=O) groups excluding carboxylic acids is 1. The van der Waals surface area contributed by atoms with Crippen LogP contribution in [0, 0.1) is 5.82 Å². The van der Waals surface area contributed by atoms with E-state index in [4.69, 9.17) is 0 Å². The molecule has 3 aromatic rings. The molecule has 1 aromatic heterocycles. The zero-order chi connectivity index (χ0) is 21.2. The minimum Gasteiger partial charge on any atom is -0.308 e. The van der Waals surface area contributed by atoms with Crippen LogP contribution in [-0.4, -0.2) is 57.1 Å². The molecule has 0 N–H and O–H groups in total. The Morgan fingerprint density at radius 3 is 2.43 bits per heavy atom. The third kappa shape index (κ3) is 5.98. The van der Waals surface area contributed by atoms with E-state index in [1.165, 1.54) is 16.2 Å². The molecule has 0 fully saturated rings. The van der Waals surface area contributed by atoms with Crippen LogP contribution in [0.3, 0.4) is 0 Å². The molecule has 0 bridgehead atoms. The van der Waals surface area contributed by atoms with Crippen molar-refractivity contribution in [2.75, 3.05) is 37.8 Å². The number of thiazole rings is 1. The van der Waals surface area contributed by atoms with Crippen LogP contribution in [0.2, 0.25) is 0 Å². The molecule has 2 aromatic carbocycles. The first kappa shape index (κ1) is 24.7. The highest BCUT2D eigenvalue weighted by Crippen LogP contribution is 2.31. The number of carbonyl (C=O) groups is 1. The second-order valence-electron chi connectivity index (χ2n) is 6.67. The zero-order valence-electron chi connectivity index (χ0n) is 16.2. The first-order valence-corrected chi connectivity index (χ1v) is 11.9. The summed E-state index contributed by atoms with van der Waals surface area (Å²) in [4.78, 5) is 20.7. The summed E-state index contributed by atoms with van der Waals surface area (Å²) in [6.07, 6.45) is 0. The van der Waals surface area contributed by atoms with E-state index in [-0.39, 0.29) is 17.3 Å². The Hall–Kier alpha value is -1.59. The number of fused-ring (bicyclic) bond motifs is 1. The van der Waals surface area contributed by atoms with Crippen molar-refractivity contribution in [2.24, 2.45) is 0 Å². The van der Waals surface area contributed by atoms with Gasteiger partial charge in [0.25, 0.3) is 0 Å². The topological polar surface area (TPSA) is 70.6 Å². The van der Waals surface area contributed by atoms with Crippen molar-refractivity contribution >= 4 is 70.8 Å². The van der Waals surface area contributed by atoms with Crippen molar-refractivity contribution < 1.29 is 17.6 Å². The lowest BCUT2D eigenvalue weighted by molar-refractivity contribution is -0.116. The van der Waals surface area contributed by atoms with Gasteiger partial charge in [0.2, 0.25) is 5.91 Å².